The molecule has 0 bridgehead atoms. The van der Waals surface area contributed by atoms with Crippen LogP contribution in [0.4, 0.5) is 11.4 Å². The Morgan fingerprint density at radius 3 is 2.67 bits per heavy atom. The van der Waals surface area contributed by atoms with Crippen LogP contribution < -0.4 is 10.2 Å². The summed E-state index contributed by atoms with van der Waals surface area (Å²) >= 11 is 7.34. The van der Waals surface area contributed by atoms with Crippen LogP contribution in [0, 0.1) is 0 Å². The van der Waals surface area contributed by atoms with Gasteiger partial charge < -0.3 is 10.2 Å². The van der Waals surface area contributed by atoms with Crippen molar-refractivity contribution >= 4 is 45.3 Å². The molecule has 0 unspecified atom stereocenters. The van der Waals surface area contributed by atoms with Gasteiger partial charge in [-0.3, -0.25) is 0 Å². The Balaban J connectivity index is 1.59. The third kappa shape index (κ3) is 3.18. The number of hydrogen-bond donors (Lipinski definition) is 1. The largest absolute Gasteiger partial charge is 0.378 e. The van der Waals surface area contributed by atoms with E-state index < -0.39 is 0 Å². The minimum atomic E-state index is 0.552. The number of thiazole rings is 1. The molecule has 24 heavy (non-hydrogen) atoms. The van der Waals surface area contributed by atoms with E-state index in [9.17, 15) is 0 Å². The molecule has 0 spiro atoms. The summed E-state index contributed by atoms with van der Waals surface area (Å²) in [5.74, 6) is 0. The maximum atomic E-state index is 5.88. The highest BCUT2D eigenvalue weighted by Gasteiger charge is 2.18. The summed E-state index contributed by atoms with van der Waals surface area (Å²) < 4.78 is 5.58. The Bertz CT molecular complexity index is 825. The lowest BCUT2D eigenvalue weighted by atomic mass is 10.2. The van der Waals surface area contributed by atoms with Crippen molar-refractivity contribution in [2.75, 3.05) is 23.3 Å². The number of halogens is 1. The molecule has 1 saturated heterocycles. The molecule has 1 aliphatic heterocycles. The first-order valence-corrected chi connectivity index (χ1v) is 9.35. The van der Waals surface area contributed by atoms with Gasteiger partial charge in [-0.05, 0) is 35.3 Å². The van der Waals surface area contributed by atoms with Crippen LogP contribution >= 0.6 is 22.9 Å². The smallest absolute Gasteiger partial charge is 0.183 e. The van der Waals surface area contributed by atoms with E-state index in [1.165, 1.54) is 37.0 Å². The molecule has 0 saturated carbocycles. The number of nitrogens with zero attached hydrogens (tertiary/aromatic N) is 4. The SMILES string of the molecule is Clc1ncc(CNc2ccc(N3CCCCCC3)c3nonc23)s1. The highest BCUT2D eigenvalue weighted by atomic mass is 35.5. The van der Waals surface area contributed by atoms with Crippen LogP contribution in [0.2, 0.25) is 4.47 Å². The lowest BCUT2D eigenvalue weighted by molar-refractivity contribution is 0.315. The van der Waals surface area contributed by atoms with Crippen molar-refractivity contribution in [1.29, 1.82) is 0 Å². The second-order valence-corrected chi connectivity index (χ2v) is 7.63. The van der Waals surface area contributed by atoms with Crippen LogP contribution in [0.1, 0.15) is 30.6 Å². The minimum absolute atomic E-state index is 0.552. The van der Waals surface area contributed by atoms with Gasteiger partial charge in [0.1, 0.15) is 0 Å². The molecule has 2 aromatic heterocycles. The quantitative estimate of drug-likeness (QED) is 0.744. The summed E-state index contributed by atoms with van der Waals surface area (Å²) in [4.78, 5) is 7.52. The summed E-state index contributed by atoms with van der Waals surface area (Å²) in [5, 5.41) is 11.6. The monoisotopic (exact) mass is 363 g/mol. The van der Waals surface area contributed by atoms with Crippen molar-refractivity contribution in [2.24, 2.45) is 0 Å². The van der Waals surface area contributed by atoms with Gasteiger partial charge in [0.05, 0.1) is 17.9 Å². The van der Waals surface area contributed by atoms with Crippen LogP contribution in [-0.2, 0) is 6.54 Å². The molecule has 4 rings (SSSR count). The van der Waals surface area contributed by atoms with E-state index in [-0.39, 0.29) is 0 Å². The van der Waals surface area contributed by atoms with Crippen molar-refractivity contribution in [1.82, 2.24) is 15.3 Å². The molecule has 126 valence electrons. The molecule has 1 fully saturated rings. The summed E-state index contributed by atoms with van der Waals surface area (Å²) in [6.07, 6.45) is 6.82. The molecule has 0 aliphatic carbocycles. The molecular formula is C16H18ClN5OS. The number of aromatic nitrogens is 3. The van der Waals surface area contributed by atoms with Crippen molar-refractivity contribution in [3.05, 3.63) is 27.7 Å². The Hall–Kier alpha value is -1.86. The highest BCUT2D eigenvalue weighted by molar-refractivity contribution is 7.15. The van der Waals surface area contributed by atoms with E-state index in [0.29, 0.717) is 11.0 Å². The Kier molecular flexibility index (Phi) is 4.53. The lowest BCUT2D eigenvalue weighted by Gasteiger charge is -2.22. The van der Waals surface area contributed by atoms with Crippen molar-refractivity contribution in [2.45, 2.75) is 32.2 Å². The van der Waals surface area contributed by atoms with E-state index in [1.54, 1.807) is 6.20 Å². The second-order valence-electron chi connectivity index (χ2n) is 5.93. The standard InChI is InChI=1S/C16H18ClN5OS/c17-16-19-10-11(24-16)9-18-12-5-6-13(15-14(12)20-23-21-15)22-7-3-1-2-4-8-22/h5-6,10,18H,1-4,7-9H2. The summed E-state index contributed by atoms with van der Waals surface area (Å²) in [6, 6.07) is 4.16. The van der Waals surface area contributed by atoms with Gasteiger partial charge in [0.25, 0.3) is 0 Å². The minimum Gasteiger partial charge on any atom is -0.378 e. The van der Waals surface area contributed by atoms with Gasteiger partial charge in [0, 0.05) is 24.2 Å². The maximum Gasteiger partial charge on any atom is 0.183 e. The van der Waals surface area contributed by atoms with Crippen LogP contribution in [0.15, 0.2) is 23.0 Å². The lowest BCUT2D eigenvalue weighted by Crippen LogP contribution is -2.24. The molecule has 6 nitrogen and oxygen atoms in total. The average Bonchev–Trinajstić information content (AvgIpc) is 3.15. The van der Waals surface area contributed by atoms with Crippen LogP contribution in [-0.4, -0.2) is 28.4 Å². The zero-order valence-corrected chi connectivity index (χ0v) is 14.7. The second kappa shape index (κ2) is 6.94. The number of rotatable bonds is 4. The highest BCUT2D eigenvalue weighted by Crippen LogP contribution is 2.32. The third-order valence-electron chi connectivity index (χ3n) is 4.32. The van der Waals surface area contributed by atoms with Gasteiger partial charge in [-0.25, -0.2) is 9.61 Å². The van der Waals surface area contributed by atoms with Crippen LogP contribution in [0.3, 0.4) is 0 Å². The van der Waals surface area contributed by atoms with Crippen molar-refractivity contribution < 1.29 is 4.63 Å². The molecule has 1 aromatic carbocycles. The number of benzene rings is 1. The number of fused-ring (bicyclic) bond motifs is 1. The van der Waals surface area contributed by atoms with E-state index >= 15 is 0 Å². The van der Waals surface area contributed by atoms with E-state index in [1.807, 2.05) is 0 Å². The summed E-state index contributed by atoms with van der Waals surface area (Å²) in [6.45, 7) is 2.78. The predicted octanol–water partition coefficient (Wildman–Crippen LogP) is 4.33. The molecule has 0 atom stereocenters. The van der Waals surface area contributed by atoms with Gasteiger partial charge >= 0.3 is 0 Å². The number of nitrogens with one attached hydrogen (secondary N) is 1. The number of hydrogen-bond acceptors (Lipinski definition) is 7. The Morgan fingerprint density at radius 1 is 1.12 bits per heavy atom. The Labute approximate surface area is 148 Å². The zero-order valence-electron chi connectivity index (χ0n) is 13.2. The summed E-state index contributed by atoms with van der Waals surface area (Å²) in [7, 11) is 0. The van der Waals surface area contributed by atoms with Gasteiger partial charge in [-0.1, -0.05) is 24.4 Å². The fraction of sp³-hybridized carbons (Fsp3) is 0.438. The van der Waals surface area contributed by atoms with Crippen LogP contribution in [0.5, 0.6) is 0 Å². The fourth-order valence-electron chi connectivity index (χ4n) is 3.11. The van der Waals surface area contributed by atoms with Gasteiger partial charge in [0.15, 0.2) is 15.5 Å². The summed E-state index contributed by atoms with van der Waals surface area (Å²) in [5.41, 5.74) is 3.62. The van der Waals surface area contributed by atoms with Crippen molar-refractivity contribution in [3.8, 4) is 0 Å². The molecule has 3 aromatic rings. The fourth-order valence-corrected chi connectivity index (χ4v) is 4.03. The molecule has 0 radical (unpaired) electrons. The molecule has 8 heteroatoms. The normalized spacial score (nSPS) is 15.6. The Morgan fingerprint density at radius 2 is 1.92 bits per heavy atom. The van der Waals surface area contributed by atoms with E-state index in [4.69, 9.17) is 16.2 Å². The van der Waals surface area contributed by atoms with E-state index in [2.05, 4.69) is 37.6 Å². The topological polar surface area (TPSA) is 67.1 Å². The molecular weight excluding hydrogens is 346 g/mol. The van der Waals surface area contributed by atoms with Gasteiger partial charge in [-0.15, -0.1) is 11.3 Å². The van der Waals surface area contributed by atoms with Gasteiger partial charge in [0.2, 0.25) is 0 Å². The van der Waals surface area contributed by atoms with E-state index in [0.717, 1.165) is 40.4 Å². The molecule has 3 heterocycles. The maximum absolute atomic E-state index is 5.88. The predicted molar refractivity (Wildman–Crippen MR) is 96.9 cm³/mol. The van der Waals surface area contributed by atoms with Gasteiger partial charge in [-0.2, -0.15) is 0 Å². The average molecular weight is 364 g/mol. The third-order valence-corrected chi connectivity index (χ3v) is 5.43. The first-order chi connectivity index (χ1) is 11.8. The van der Waals surface area contributed by atoms with Crippen LogP contribution in [0.25, 0.3) is 11.0 Å². The molecule has 1 N–H and O–H groups in total. The van der Waals surface area contributed by atoms with Crippen molar-refractivity contribution in [3.63, 3.8) is 0 Å². The first kappa shape index (κ1) is 15.7. The first-order valence-electron chi connectivity index (χ1n) is 8.15. The zero-order chi connectivity index (χ0) is 16.4. The molecule has 1 aliphatic rings. The molecule has 0 amide bonds. The number of anilines is 2.